The normalized spacial score (nSPS) is 11.8. The monoisotopic (exact) mass is 223 g/mol. The minimum absolute atomic E-state index is 0.183. The molecule has 1 rings (SSSR count). The summed E-state index contributed by atoms with van der Waals surface area (Å²) in [6.07, 6.45) is -0.916. The quantitative estimate of drug-likeness (QED) is 0.593. The number of para-hydroxylation sites is 1. The summed E-state index contributed by atoms with van der Waals surface area (Å²) < 4.78 is 4.81. The first kappa shape index (κ1) is 12.0. The zero-order valence-electron chi connectivity index (χ0n) is 8.84. The number of nitrogen functional groups attached to an aromatic ring is 1. The fraction of sp³-hybridized carbons (Fsp3) is 0.273. The molecule has 1 atom stereocenters. The predicted octanol–water partition coefficient (Wildman–Crippen LogP) is 1.29. The molecule has 0 aliphatic rings. The Hall–Kier alpha value is -2.04. The summed E-state index contributed by atoms with van der Waals surface area (Å²) in [5.74, 6) is -1.88. The number of esters is 1. The van der Waals surface area contributed by atoms with E-state index in [1.165, 1.54) is 6.07 Å². The Kier molecular flexibility index (Phi) is 3.88. The van der Waals surface area contributed by atoms with E-state index in [0.29, 0.717) is 0 Å². The van der Waals surface area contributed by atoms with Crippen LogP contribution in [-0.4, -0.2) is 23.1 Å². The van der Waals surface area contributed by atoms with Crippen LogP contribution in [0.3, 0.4) is 0 Å². The molecule has 16 heavy (non-hydrogen) atoms. The second-order valence-electron chi connectivity index (χ2n) is 3.23. The van der Waals surface area contributed by atoms with E-state index >= 15 is 0 Å². The van der Waals surface area contributed by atoms with Gasteiger partial charge in [-0.1, -0.05) is 19.1 Å². The van der Waals surface area contributed by atoms with Crippen molar-refractivity contribution in [3.05, 3.63) is 29.8 Å². The summed E-state index contributed by atoms with van der Waals surface area (Å²) in [5, 5.41) is 8.73. The molecule has 1 aromatic rings. The van der Waals surface area contributed by atoms with Gasteiger partial charge in [0.15, 0.2) is 6.10 Å². The summed E-state index contributed by atoms with van der Waals surface area (Å²) >= 11 is 0. The van der Waals surface area contributed by atoms with Crippen molar-refractivity contribution in [2.75, 3.05) is 5.73 Å². The molecule has 0 aliphatic carbocycles. The number of nitrogens with two attached hydrogens (primary N) is 1. The summed E-state index contributed by atoms with van der Waals surface area (Å²) in [6, 6.07) is 6.36. The molecule has 0 amide bonds. The van der Waals surface area contributed by atoms with Crippen LogP contribution in [0.2, 0.25) is 0 Å². The van der Waals surface area contributed by atoms with E-state index in [-0.39, 0.29) is 17.7 Å². The van der Waals surface area contributed by atoms with Crippen LogP contribution in [0.25, 0.3) is 0 Å². The standard InChI is InChI=1S/C11H13NO4/c1-2-9(10(13)14)16-11(15)7-5-3-4-6-8(7)12/h3-6,9H,2,12H2,1H3,(H,13,14). The summed E-state index contributed by atoms with van der Waals surface area (Å²) in [7, 11) is 0. The van der Waals surface area contributed by atoms with E-state index in [1.54, 1.807) is 25.1 Å². The molecule has 3 N–H and O–H groups in total. The Labute approximate surface area is 92.8 Å². The number of benzene rings is 1. The first-order chi connectivity index (χ1) is 7.56. The highest BCUT2D eigenvalue weighted by atomic mass is 16.6. The Balaban J connectivity index is 2.80. The molecule has 0 aliphatic heterocycles. The molecule has 0 saturated carbocycles. The van der Waals surface area contributed by atoms with Crippen LogP contribution in [0.15, 0.2) is 24.3 Å². The van der Waals surface area contributed by atoms with Crippen molar-refractivity contribution in [1.29, 1.82) is 0 Å². The molecule has 0 heterocycles. The van der Waals surface area contributed by atoms with E-state index in [1.807, 2.05) is 0 Å². The number of carboxylic acid groups (broad SMARTS) is 1. The van der Waals surface area contributed by atoms with Crippen molar-refractivity contribution in [2.45, 2.75) is 19.4 Å². The number of ether oxygens (including phenoxy) is 1. The van der Waals surface area contributed by atoms with E-state index in [4.69, 9.17) is 15.6 Å². The third-order valence-corrected chi connectivity index (χ3v) is 2.08. The molecule has 0 saturated heterocycles. The number of hydrogen-bond donors (Lipinski definition) is 2. The molecule has 0 fully saturated rings. The molecule has 0 spiro atoms. The van der Waals surface area contributed by atoms with Crippen molar-refractivity contribution in [1.82, 2.24) is 0 Å². The molecule has 5 nitrogen and oxygen atoms in total. The highest BCUT2D eigenvalue weighted by Crippen LogP contribution is 2.13. The van der Waals surface area contributed by atoms with E-state index in [2.05, 4.69) is 0 Å². The molecule has 0 radical (unpaired) electrons. The number of carboxylic acids is 1. The van der Waals surface area contributed by atoms with Gasteiger partial charge in [-0.25, -0.2) is 9.59 Å². The van der Waals surface area contributed by atoms with Gasteiger partial charge >= 0.3 is 11.9 Å². The smallest absolute Gasteiger partial charge is 0.345 e. The fourth-order valence-corrected chi connectivity index (χ4v) is 1.18. The van der Waals surface area contributed by atoms with E-state index in [9.17, 15) is 9.59 Å². The maximum atomic E-state index is 11.6. The molecule has 1 unspecified atom stereocenters. The molecule has 0 aromatic heterocycles. The topological polar surface area (TPSA) is 89.6 Å². The van der Waals surface area contributed by atoms with Gasteiger partial charge in [0.25, 0.3) is 0 Å². The average molecular weight is 223 g/mol. The third kappa shape index (κ3) is 2.73. The van der Waals surface area contributed by atoms with E-state index < -0.39 is 18.0 Å². The molecule has 86 valence electrons. The lowest BCUT2D eigenvalue weighted by Gasteiger charge is -2.12. The van der Waals surface area contributed by atoms with Gasteiger partial charge in [-0.2, -0.15) is 0 Å². The Morgan fingerprint density at radius 1 is 1.44 bits per heavy atom. The summed E-state index contributed by atoms with van der Waals surface area (Å²) in [5.41, 5.74) is 6.02. The Bertz CT molecular complexity index is 403. The lowest BCUT2D eigenvalue weighted by molar-refractivity contribution is -0.147. The Morgan fingerprint density at radius 3 is 2.56 bits per heavy atom. The summed E-state index contributed by atoms with van der Waals surface area (Å²) in [6.45, 7) is 1.63. The van der Waals surface area contributed by atoms with Gasteiger partial charge in [-0.15, -0.1) is 0 Å². The van der Waals surface area contributed by atoms with Crippen molar-refractivity contribution in [3.8, 4) is 0 Å². The van der Waals surface area contributed by atoms with Gasteiger partial charge in [-0.3, -0.25) is 0 Å². The van der Waals surface area contributed by atoms with Crippen LogP contribution in [0.1, 0.15) is 23.7 Å². The number of hydrogen-bond acceptors (Lipinski definition) is 4. The van der Waals surface area contributed by atoms with Gasteiger partial charge in [0.2, 0.25) is 0 Å². The number of carbonyl (C=O) groups excluding carboxylic acids is 1. The number of aliphatic carboxylic acids is 1. The van der Waals surface area contributed by atoms with Crippen molar-refractivity contribution >= 4 is 17.6 Å². The van der Waals surface area contributed by atoms with Crippen LogP contribution in [-0.2, 0) is 9.53 Å². The maximum absolute atomic E-state index is 11.6. The number of anilines is 1. The van der Waals surface area contributed by atoms with Gasteiger partial charge < -0.3 is 15.6 Å². The lowest BCUT2D eigenvalue weighted by atomic mass is 10.2. The minimum atomic E-state index is -1.16. The SMILES string of the molecule is CCC(OC(=O)c1ccccc1N)C(=O)O. The number of carbonyl (C=O) groups is 2. The van der Waals surface area contributed by atoms with Crippen LogP contribution in [0.5, 0.6) is 0 Å². The predicted molar refractivity (Wildman–Crippen MR) is 58.0 cm³/mol. The first-order valence-corrected chi connectivity index (χ1v) is 4.84. The zero-order valence-corrected chi connectivity index (χ0v) is 8.84. The largest absolute Gasteiger partial charge is 0.479 e. The maximum Gasteiger partial charge on any atom is 0.345 e. The van der Waals surface area contributed by atoms with Crippen molar-refractivity contribution in [3.63, 3.8) is 0 Å². The van der Waals surface area contributed by atoms with Crippen molar-refractivity contribution < 1.29 is 19.4 Å². The first-order valence-electron chi connectivity index (χ1n) is 4.84. The highest BCUT2D eigenvalue weighted by molar-refractivity contribution is 5.96. The van der Waals surface area contributed by atoms with Gasteiger partial charge in [0, 0.05) is 5.69 Å². The lowest BCUT2D eigenvalue weighted by Crippen LogP contribution is -2.26. The van der Waals surface area contributed by atoms with Crippen LogP contribution in [0, 0.1) is 0 Å². The van der Waals surface area contributed by atoms with Crippen LogP contribution < -0.4 is 5.73 Å². The van der Waals surface area contributed by atoms with Crippen LogP contribution in [0.4, 0.5) is 5.69 Å². The van der Waals surface area contributed by atoms with Gasteiger partial charge in [0.05, 0.1) is 5.56 Å². The second-order valence-corrected chi connectivity index (χ2v) is 3.23. The van der Waals surface area contributed by atoms with E-state index in [0.717, 1.165) is 0 Å². The fourth-order valence-electron chi connectivity index (χ4n) is 1.18. The minimum Gasteiger partial charge on any atom is -0.479 e. The second kappa shape index (κ2) is 5.16. The molecular weight excluding hydrogens is 210 g/mol. The molecule has 5 heteroatoms. The number of rotatable bonds is 4. The van der Waals surface area contributed by atoms with Crippen LogP contribution >= 0.6 is 0 Å². The Morgan fingerprint density at radius 2 is 2.06 bits per heavy atom. The van der Waals surface area contributed by atoms with Gasteiger partial charge in [0.1, 0.15) is 0 Å². The highest BCUT2D eigenvalue weighted by Gasteiger charge is 2.21. The van der Waals surface area contributed by atoms with Crippen molar-refractivity contribution in [2.24, 2.45) is 0 Å². The zero-order chi connectivity index (χ0) is 12.1. The molecule has 0 bridgehead atoms. The average Bonchev–Trinajstić information content (AvgIpc) is 2.25. The molecular formula is C11H13NO4. The third-order valence-electron chi connectivity index (χ3n) is 2.08. The molecule has 1 aromatic carbocycles. The summed E-state index contributed by atoms with van der Waals surface area (Å²) in [4.78, 5) is 22.2. The van der Waals surface area contributed by atoms with Gasteiger partial charge in [-0.05, 0) is 18.6 Å².